The van der Waals surface area contributed by atoms with Crippen LogP contribution in [0.1, 0.15) is 0 Å². The van der Waals surface area contributed by atoms with Crippen molar-refractivity contribution in [3.63, 3.8) is 0 Å². The van der Waals surface area contributed by atoms with Gasteiger partial charge in [-0.25, -0.2) is 4.39 Å². The van der Waals surface area contributed by atoms with Gasteiger partial charge in [0.2, 0.25) is 0 Å². The molecule has 1 rings (SSSR count). The van der Waals surface area contributed by atoms with E-state index in [1.165, 1.54) is 17.3 Å². The van der Waals surface area contributed by atoms with Gasteiger partial charge in [-0.05, 0) is 12.1 Å². The molecule has 0 bridgehead atoms. The summed E-state index contributed by atoms with van der Waals surface area (Å²) in [6.07, 6.45) is 0. The lowest BCUT2D eigenvalue weighted by Crippen LogP contribution is -2.37. The molecule has 1 aromatic carbocycles. The molecule has 0 aliphatic carbocycles. The van der Waals surface area contributed by atoms with Crippen molar-refractivity contribution >= 4 is 13.3 Å². The van der Waals surface area contributed by atoms with Crippen molar-refractivity contribution in [1.82, 2.24) is 0 Å². The maximum absolute atomic E-state index is 12.5. The van der Waals surface area contributed by atoms with Gasteiger partial charge >= 0.3 is 0 Å². The molecule has 0 amide bonds. The Kier molecular flexibility index (Phi) is 2.14. The normalized spacial score (nSPS) is 11.6. The first kappa shape index (κ1) is 8.46. The highest BCUT2D eigenvalue weighted by Crippen LogP contribution is 2.02. The van der Waals surface area contributed by atoms with Crippen LogP contribution in [0, 0.1) is 5.82 Å². The lowest BCUT2D eigenvalue weighted by molar-refractivity contribution is 0.628. The molecule has 0 atom stereocenters. The van der Waals surface area contributed by atoms with Gasteiger partial charge in [0, 0.05) is 0 Å². The van der Waals surface area contributed by atoms with Crippen LogP contribution < -0.4 is 5.19 Å². The molecule has 0 radical (unpaired) electrons. The largest absolute Gasteiger partial charge is 0.207 e. The second-order valence-corrected chi connectivity index (χ2v) is 8.83. The molecule has 0 heterocycles. The molecule has 0 fully saturated rings. The van der Waals surface area contributed by atoms with E-state index in [2.05, 4.69) is 19.6 Å². The average molecular weight is 168 g/mol. The molecule has 0 aromatic heterocycles. The third-order valence-electron chi connectivity index (χ3n) is 1.71. The van der Waals surface area contributed by atoms with Gasteiger partial charge in [0.1, 0.15) is 5.82 Å². The fraction of sp³-hybridized carbons (Fsp3) is 0.333. The second-order valence-electron chi connectivity index (χ2n) is 3.76. The van der Waals surface area contributed by atoms with E-state index in [0.717, 1.165) is 0 Å². The Bertz CT molecular complexity index is 233. The Morgan fingerprint density at radius 3 is 1.82 bits per heavy atom. The molecule has 0 aliphatic rings. The van der Waals surface area contributed by atoms with Crippen molar-refractivity contribution < 1.29 is 4.39 Å². The summed E-state index contributed by atoms with van der Waals surface area (Å²) in [7, 11) is -1.22. The van der Waals surface area contributed by atoms with Crippen LogP contribution in [-0.2, 0) is 0 Å². The highest BCUT2D eigenvalue weighted by Gasteiger charge is 2.15. The van der Waals surface area contributed by atoms with Crippen LogP contribution in [0.15, 0.2) is 24.3 Å². The SMILES string of the molecule is C[Si](C)(C)c1ccc(F)cc1. The van der Waals surface area contributed by atoms with Gasteiger partial charge in [-0.2, -0.15) is 0 Å². The van der Waals surface area contributed by atoms with E-state index in [9.17, 15) is 4.39 Å². The fourth-order valence-electron chi connectivity index (χ4n) is 0.950. The molecule has 60 valence electrons. The van der Waals surface area contributed by atoms with Gasteiger partial charge in [0.25, 0.3) is 0 Å². The maximum atomic E-state index is 12.5. The molecule has 1 aromatic rings. The third-order valence-corrected chi connectivity index (χ3v) is 3.78. The molecule has 0 saturated heterocycles. The Balaban J connectivity index is 2.99. The van der Waals surface area contributed by atoms with Crippen molar-refractivity contribution in [2.75, 3.05) is 0 Å². The highest BCUT2D eigenvalue weighted by atomic mass is 28.3. The number of halogens is 1. The lowest BCUT2D eigenvalue weighted by Gasteiger charge is -2.15. The summed E-state index contributed by atoms with van der Waals surface area (Å²) >= 11 is 0. The van der Waals surface area contributed by atoms with Crippen LogP contribution in [0.4, 0.5) is 4.39 Å². The molecule has 0 aliphatic heterocycles. The molecular weight excluding hydrogens is 155 g/mol. The van der Waals surface area contributed by atoms with Gasteiger partial charge in [0.15, 0.2) is 0 Å². The summed E-state index contributed by atoms with van der Waals surface area (Å²) < 4.78 is 12.5. The lowest BCUT2D eigenvalue weighted by atomic mass is 10.3. The van der Waals surface area contributed by atoms with E-state index in [4.69, 9.17) is 0 Å². The van der Waals surface area contributed by atoms with Crippen LogP contribution in [0.5, 0.6) is 0 Å². The number of rotatable bonds is 1. The third kappa shape index (κ3) is 2.15. The maximum Gasteiger partial charge on any atom is 0.123 e. The zero-order valence-corrected chi connectivity index (χ0v) is 8.19. The van der Waals surface area contributed by atoms with E-state index in [1.807, 2.05) is 12.1 Å². The molecule has 0 spiro atoms. The van der Waals surface area contributed by atoms with Crippen LogP contribution in [-0.4, -0.2) is 8.07 Å². The smallest absolute Gasteiger partial charge is 0.123 e. The van der Waals surface area contributed by atoms with Crippen LogP contribution in [0.25, 0.3) is 0 Å². The van der Waals surface area contributed by atoms with Gasteiger partial charge in [-0.3, -0.25) is 0 Å². The monoisotopic (exact) mass is 168 g/mol. The van der Waals surface area contributed by atoms with Crippen LogP contribution in [0.3, 0.4) is 0 Å². The predicted octanol–water partition coefficient (Wildman–Crippen LogP) is 2.37. The summed E-state index contributed by atoms with van der Waals surface area (Å²) in [5.74, 6) is -0.146. The minimum atomic E-state index is -1.22. The van der Waals surface area contributed by atoms with Crippen molar-refractivity contribution in [2.45, 2.75) is 19.6 Å². The number of hydrogen-bond acceptors (Lipinski definition) is 0. The van der Waals surface area contributed by atoms with E-state index in [-0.39, 0.29) is 5.82 Å². The molecular formula is C9H13FSi. The standard InChI is InChI=1S/C9H13FSi/c1-11(2,3)9-6-4-8(10)5-7-9/h4-7H,1-3H3. The Labute approximate surface area is 68.1 Å². The van der Waals surface area contributed by atoms with Crippen molar-refractivity contribution in [2.24, 2.45) is 0 Å². The van der Waals surface area contributed by atoms with E-state index < -0.39 is 8.07 Å². The Morgan fingerprint density at radius 1 is 1.00 bits per heavy atom. The molecule has 0 saturated carbocycles. The first-order valence-electron chi connectivity index (χ1n) is 3.76. The zero-order valence-electron chi connectivity index (χ0n) is 7.19. The summed E-state index contributed by atoms with van der Waals surface area (Å²) in [4.78, 5) is 0. The molecule has 2 heteroatoms. The zero-order chi connectivity index (χ0) is 8.48. The van der Waals surface area contributed by atoms with Gasteiger partial charge in [-0.1, -0.05) is 37.0 Å². The van der Waals surface area contributed by atoms with Crippen molar-refractivity contribution in [3.05, 3.63) is 30.1 Å². The minimum Gasteiger partial charge on any atom is -0.207 e. The first-order chi connectivity index (χ1) is 5.00. The molecule has 0 unspecified atom stereocenters. The van der Waals surface area contributed by atoms with Gasteiger partial charge < -0.3 is 0 Å². The minimum absolute atomic E-state index is 0.146. The second kappa shape index (κ2) is 2.78. The first-order valence-corrected chi connectivity index (χ1v) is 7.26. The summed E-state index contributed by atoms with van der Waals surface area (Å²) in [6.45, 7) is 6.75. The quantitative estimate of drug-likeness (QED) is 0.565. The predicted molar refractivity (Wildman–Crippen MR) is 49.4 cm³/mol. The van der Waals surface area contributed by atoms with Crippen LogP contribution in [0.2, 0.25) is 19.6 Å². The molecule has 0 N–H and O–H groups in total. The summed E-state index contributed by atoms with van der Waals surface area (Å²) in [6, 6.07) is 6.85. The van der Waals surface area contributed by atoms with E-state index in [1.54, 1.807) is 0 Å². The number of hydrogen-bond donors (Lipinski definition) is 0. The summed E-state index contributed by atoms with van der Waals surface area (Å²) in [5.41, 5.74) is 0. The van der Waals surface area contributed by atoms with Crippen LogP contribution >= 0.6 is 0 Å². The van der Waals surface area contributed by atoms with E-state index in [0.29, 0.717) is 0 Å². The van der Waals surface area contributed by atoms with Gasteiger partial charge in [-0.15, -0.1) is 0 Å². The fourth-order valence-corrected chi connectivity index (χ4v) is 2.12. The van der Waals surface area contributed by atoms with Gasteiger partial charge in [0.05, 0.1) is 8.07 Å². The Morgan fingerprint density at radius 2 is 1.45 bits per heavy atom. The van der Waals surface area contributed by atoms with E-state index >= 15 is 0 Å². The molecule has 11 heavy (non-hydrogen) atoms. The number of benzene rings is 1. The highest BCUT2D eigenvalue weighted by molar-refractivity contribution is 6.88. The average Bonchev–Trinajstić information content (AvgIpc) is 1.86. The topological polar surface area (TPSA) is 0 Å². The molecule has 0 nitrogen and oxygen atoms in total. The van der Waals surface area contributed by atoms with Crippen molar-refractivity contribution in [1.29, 1.82) is 0 Å². The van der Waals surface area contributed by atoms with Crippen molar-refractivity contribution in [3.8, 4) is 0 Å². The summed E-state index contributed by atoms with van der Waals surface area (Å²) in [5, 5.41) is 1.30. The Hall–Kier alpha value is -0.633.